The molecule has 0 unspecified atom stereocenters. The van der Waals surface area contributed by atoms with Gasteiger partial charge in [-0.2, -0.15) is 0 Å². The molecule has 9 heteroatoms. The molecule has 0 aliphatic carbocycles. The lowest BCUT2D eigenvalue weighted by atomic mass is 10.1. The molecule has 2 rings (SSSR count). The number of methoxy groups -OCH3 is 2. The fraction of sp³-hybridized carbons (Fsp3) is 0.500. The topological polar surface area (TPSA) is 108 Å². The summed E-state index contributed by atoms with van der Waals surface area (Å²) in [6.45, 7) is 4.49. The van der Waals surface area contributed by atoms with E-state index in [1.54, 1.807) is 12.1 Å². The fourth-order valence-corrected chi connectivity index (χ4v) is 2.55. The first-order valence-corrected chi connectivity index (χ1v) is 8.43. The number of fused-ring (bicyclic) bond motifs is 1. The Morgan fingerprint density at radius 3 is 2.48 bits per heavy atom. The van der Waals surface area contributed by atoms with Crippen molar-refractivity contribution in [2.24, 2.45) is 5.73 Å². The molecule has 1 aromatic heterocycles. The molecule has 0 radical (unpaired) electrons. The molecular weight excluding hydrogens is 372 g/mol. The summed E-state index contributed by atoms with van der Waals surface area (Å²) in [5, 5.41) is 3.31. The summed E-state index contributed by atoms with van der Waals surface area (Å²) in [5.41, 5.74) is 5.52. The van der Waals surface area contributed by atoms with Crippen LogP contribution in [0.25, 0.3) is 10.9 Å². The summed E-state index contributed by atoms with van der Waals surface area (Å²) in [6.07, 6.45) is 2.31. The number of aryl methyl sites for hydroxylation is 1. The summed E-state index contributed by atoms with van der Waals surface area (Å²) in [5.74, 6) is 0.900. The second kappa shape index (κ2) is 9.57. The summed E-state index contributed by atoms with van der Waals surface area (Å²) in [4.78, 5) is 28.9. The first-order chi connectivity index (χ1) is 12.3. The number of benzene rings is 1. The Morgan fingerprint density at radius 1 is 1.26 bits per heavy atom. The van der Waals surface area contributed by atoms with E-state index in [9.17, 15) is 9.59 Å². The zero-order chi connectivity index (χ0) is 19.3. The number of nitrogens with one attached hydrogen (secondary N) is 1. The average molecular weight is 399 g/mol. The van der Waals surface area contributed by atoms with E-state index in [2.05, 4.69) is 10.3 Å². The minimum absolute atomic E-state index is 0. The quantitative estimate of drug-likeness (QED) is 0.697. The number of hydrogen-bond acceptors (Lipinski definition) is 6. The highest BCUT2D eigenvalue weighted by atomic mass is 35.5. The van der Waals surface area contributed by atoms with Crippen molar-refractivity contribution < 1.29 is 14.3 Å². The Bertz CT molecular complexity index is 851. The van der Waals surface area contributed by atoms with Gasteiger partial charge in [0.05, 0.1) is 31.4 Å². The van der Waals surface area contributed by atoms with Crippen LogP contribution in [-0.4, -0.2) is 41.8 Å². The van der Waals surface area contributed by atoms with E-state index in [1.165, 1.54) is 25.1 Å². The highest BCUT2D eigenvalue weighted by Crippen LogP contribution is 2.29. The first kappa shape index (κ1) is 22.7. The van der Waals surface area contributed by atoms with Crippen LogP contribution in [0, 0.1) is 0 Å². The molecule has 150 valence electrons. The number of nitrogens with two attached hydrogens (primary N) is 1. The van der Waals surface area contributed by atoms with Gasteiger partial charge in [0, 0.05) is 31.1 Å². The lowest BCUT2D eigenvalue weighted by molar-refractivity contribution is -0.122. The van der Waals surface area contributed by atoms with Gasteiger partial charge in [-0.1, -0.05) is 0 Å². The minimum atomic E-state index is -0.436. The second-order valence-corrected chi connectivity index (χ2v) is 6.71. The summed E-state index contributed by atoms with van der Waals surface area (Å²) >= 11 is 0. The Hall–Kier alpha value is -2.32. The normalized spacial score (nSPS) is 11.0. The van der Waals surface area contributed by atoms with E-state index >= 15 is 0 Å². The molecule has 1 amide bonds. The number of carbonyl (C=O) groups excluding carboxylic acids is 1. The Balaban J connectivity index is 0.00000364. The SMILES string of the molecule is COc1cc2ncn(CCCC(=O)NC(C)(C)CN)c(=O)c2cc1OC.Cl. The van der Waals surface area contributed by atoms with Gasteiger partial charge in [0.25, 0.3) is 5.56 Å². The number of hydrogen-bond donors (Lipinski definition) is 2. The van der Waals surface area contributed by atoms with Gasteiger partial charge in [-0.25, -0.2) is 4.98 Å². The third kappa shape index (κ3) is 5.58. The summed E-state index contributed by atoms with van der Waals surface area (Å²) < 4.78 is 12.0. The molecule has 0 aliphatic heterocycles. The number of carbonyl (C=O) groups is 1. The predicted molar refractivity (Wildman–Crippen MR) is 107 cm³/mol. The monoisotopic (exact) mass is 398 g/mol. The molecule has 0 atom stereocenters. The van der Waals surface area contributed by atoms with E-state index < -0.39 is 5.54 Å². The van der Waals surface area contributed by atoms with Crippen LogP contribution in [0.3, 0.4) is 0 Å². The summed E-state index contributed by atoms with van der Waals surface area (Å²) in [6, 6.07) is 3.29. The highest BCUT2D eigenvalue weighted by molar-refractivity contribution is 5.85. The Morgan fingerprint density at radius 2 is 1.89 bits per heavy atom. The van der Waals surface area contributed by atoms with E-state index in [0.717, 1.165) is 0 Å². The Labute approximate surface area is 164 Å². The number of halogens is 1. The zero-order valence-electron chi connectivity index (χ0n) is 16.1. The van der Waals surface area contributed by atoms with Crippen LogP contribution in [-0.2, 0) is 11.3 Å². The van der Waals surface area contributed by atoms with Crippen molar-refractivity contribution in [3.8, 4) is 11.5 Å². The van der Waals surface area contributed by atoms with E-state index in [-0.39, 0.29) is 23.9 Å². The molecule has 0 spiro atoms. The lowest BCUT2D eigenvalue weighted by Crippen LogP contribution is -2.48. The minimum Gasteiger partial charge on any atom is -0.493 e. The maximum atomic E-state index is 12.7. The highest BCUT2D eigenvalue weighted by Gasteiger charge is 2.18. The molecular formula is C18H27ClN4O4. The fourth-order valence-electron chi connectivity index (χ4n) is 2.55. The smallest absolute Gasteiger partial charge is 0.261 e. The first-order valence-electron chi connectivity index (χ1n) is 8.43. The van der Waals surface area contributed by atoms with Crippen molar-refractivity contribution in [3.05, 3.63) is 28.8 Å². The lowest BCUT2D eigenvalue weighted by Gasteiger charge is -2.24. The average Bonchev–Trinajstić information content (AvgIpc) is 2.62. The van der Waals surface area contributed by atoms with Crippen LogP contribution in [0.15, 0.2) is 23.3 Å². The standard InChI is InChI=1S/C18H26N4O4.ClH/c1-18(2,10-19)21-16(23)6-5-7-22-11-20-13-9-15(26-4)14(25-3)8-12(13)17(22)24;/h8-9,11H,5-7,10,19H2,1-4H3,(H,21,23);1H. The van der Waals surface area contributed by atoms with Crippen LogP contribution in [0.5, 0.6) is 11.5 Å². The molecule has 0 fully saturated rings. The third-order valence-corrected chi connectivity index (χ3v) is 4.12. The molecule has 27 heavy (non-hydrogen) atoms. The maximum Gasteiger partial charge on any atom is 0.261 e. The van der Waals surface area contributed by atoms with Crippen LogP contribution >= 0.6 is 12.4 Å². The number of nitrogens with zero attached hydrogens (tertiary/aromatic N) is 2. The van der Waals surface area contributed by atoms with Crippen molar-refractivity contribution in [2.75, 3.05) is 20.8 Å². The number of aromatic nitrogens is 2. The number of amides is 1. The van der Waals surface area contributed by atoms with Gasteiger partial charge in [0.2, 0.25) is 5.91 Å². The van der Waals surface area contributed by atoms with E-state index in [4.69, 9.17) is 15.2 Å². The molecule has 0 saturated carbocycles. The third-order valence-electron chi connectivity index (χ3n) is 4.12. The molecule has 0 saturated heterocycles. The van der Waals surface area contributed by atoms with Gasteiger partial charge >= 0.3 is 0 Å². The summed E-state index contributed by atoms with van der Waals surface area (Å²) in [7, 11) is 3.04. The van der Waals surface area contributed by atoms with Gasteiger partial charge in [-0.05, 0) is 26.3 Å². The molecule has 2 aromatic rings. The number of ether oxygens (including phenoxy) is 2. The van der Waals surface area contributed by atoms with Gasteiger partial charge in [0.15, 0.2) is 11.5 Å². The molecule has 3 N–H and O–H groups in total. The molecule has 8 nitrogen and oxygen atoms in total. The van der Waals surface area contributed by atoms with Crippen LogP contribution < -0.4 is 26.1 Å². The van der Waals surface area contributed by atoms with Crippen molar-refractivity contribution >= 4 is 29.2 Å². The van der Waals surface area contributed by atoms with Crippen molar-refractivity contribution in [1.29, 1.82) is 0 Å². The van der Waals surface area contributed by atoms with Gasteiger partial charge < -0.3 is 20.5 Å². The molecule has 0 aliphatic rings. The van der Waals surface area contributed by atoms with Gasteiger partial charge in [-0.3, -0.25) is 14.2 Å². The van der Waals surface area contributed by atoms with Gasteiger partial charge in [0.1, 0.15) is 0 Å². The second-order valence-electron chi connectivity index (χ2n) is 6.71. The largest absolute Gasteiger partial charge is 0.493 e. The van der Waals surface area contributed by atoms with Gasteiger partial charge in [-0.15, -0.1) is 12.4 Å². The van der Waals surface area contributed by atoms with Crippen LogP contribution in [0.1, 0.15) is 26.7 Å². The van der Waals surface area contributed by atoms with Crippen molar-refractivity contribution in [3.63, 3.8) is 0 Å². The number of rotatable bonds is 8. The van der Waals surface area contributed by atoms with Crippen molar-refractivity contribution in [2.45, 2.75) is 38.8 Å². The predicted octanol–water partition coefficient (Wildman–Crippen LogP) is 1.47. The van der Waals surface area contributed by atoms with E-state index in [1.807, 2.05) is 13.8 Å². The molecule has 1 heterocycles. The van der Waals surface area contributed by atoms with Crippen molar-refractivity contribution in [1.82, 2.24) is 14.9 Å². The van der Waals surface area contributed by atoms with Crippen LogP contribution in [0.4, 0.5) is 0 Å². The molecule has 1 aromatic carbocycles. The van der Waals surface area contributed by atoms with E-state index in [0.29, 0.717) is 48.3 Å². The van der Waals surface area contributed by atoms with Crippen LogP contribution in [0.2, 0.25) is 0 Å². The molecule has 0 bridgehead atoms. The Kier molecular flexibility index (Phi) is 8.05. The zero-order valence-corrected chi connectivity index (χ0v) is 16.9. The maximum absolute atomic E-state index is 12.7.